The van der Waals surface area contributed by atoms with Crippen molar-refractivity contribution in [3.05, 3.63) is 60.2 Å². The van der Waals surface area contributed by atoms with Crippen molar-refractivity contribution in [2.24, 2.45) is 0 Å². The topological polar surface area (TPSA) is 81.2 Å². The molecule has 0 saturated heterocycles. The van der Waals surface area contributed by atoms with Gasteiger partial charge in [0.1, 0.15) is 6.61 Å². The molecule has 0 aliphatic carbocycles. The summed E-state index contributed by atoms with van der Waals surface area (Å²) in [6.07, 6.45) is 6.76. The van der Waals surface area contributed by atoms with Crippen molar-refractivity contribution in [1.82, 2.24) is 15.3 Å². The summed E-state index contributed by atoms with van der Waals surface area (Å²) in [6, 6.07) is 6.41. The average molecular weight is 299 g/mol. The van der Waals surface area contributed by atoms with Gasteiger partial charge in [-0.05, 0) is 30.7 Å². The van der Waals surface area contributed by atoms with Crippen LogP contribution in [0.5, 0.6) is 0 Å². The number of pyridine rings is 2. The maximum atomic E-state index is 12.0. The predicted octanol–water partition coefficient (Wildman–Crippen LogP) is 1.84. The molecule has 22 heavy (non-hydrogen) atoms. The minimum atomic E-state index is -0.456. The van der Waals surface area contributed by atoms with Gasteiger partial charge in [-0.1, -0.05) is 6.92 Å². The Bertz CT molecular complexity index is 617. The highest BCUT2D eigenvalue weighted by atomic mass is 16.5. The number of hydrogen-bond acceptors (Lipinski definition) is 5. The molecule has 1 unspecified atom stereocenters. The number of nitrogens with one attached hydrogen (secondary N) is 1. The van der Waals surface area contributed by atoms with Crippen LogP contribution in [-0.2, 0) is 4.74 Å². The van der Waals surface area contributed by atoms with Crippen molar-refractivity contribution < 1.29 is 14.3 Å². The summed E-state index contributed by atoms with van der Waals surface area (Å²) in [6.45, 7) is 2.02. The van der Waals surface area contributed by atoms with E-state index in [1.807, 2.05) is 6.92 Å². The minimum Gasteiger partial charge on any atom is -0.460 e. The summed E-state index contributed by atoms with van der Waals surface area (Å²) in [5.74, 6) is -0.695. The van der Waals surface area contributed by atoms with Crippen LogP contribution in [-0.4, -0.2) is 34.5 Å². The molecule has 0 aromatic carbocycles. The van der Waals surface area contributed by atoms with E-state index < -0.39 is 5.97 Å². The normalized spacial score (nSPS) is 11.5. The van der Waals surface area contributed by atoms with Gasteiger partial charge in [0, 0.05) is 24.8 Å². The van der Waals surface area contributed by atoms with Crippen LogP contribution in [0.15, 0.2) is 49.1 Å². The van der Waals surface area contributed by atoms with Crippen LogP contribution in [0.3, 0.4) is 0 Å². The summed E-state index contributed by atoms with van der Waals surface area (Å²) < 4.78 is 5.21. The largest absolute Gasteiger partial charge is 0.460 e. The quantitative estimate of drug-likeness (QED) is 0.823. The zero-order valence-corrected chi connectivity index (χ0v) is 12.2. The number of carbonyl (C=O) groups is 2. The average Bonchev–Trinajstić information content (AvgIpc) is 2.59. The number of nitrogens with zero attached hydrogens (tertiary/aromatic N) is 2. The van der Waals surface area contributed by atoms with Gasteiger partial charge in [0.25, 0.3) is 5.91 Å². The van der Waals surface area contributed by atoms with Gasteiger partial charge in [0.2, 0.25) is 0 Å². The lowest BCUT2D eigenvalue weighted by Crippen LogP contribution is -2.38. The highest BCUT2D eigenvalue weighted by molar-refractivity contribution is 5.94. The molecular formula is C16H17N3O3. The Morgan fingerprint density at radius 3 is 2.32 bits per heavy atom. The standard InChI is InChI=1S/C16H17N3O3/c1-2-14(19-15(20)12-5-3-7-17-9-12)11-22-16(21)13-6-4-8-18-10-13/h3-10,14H,2,11H2,1H3,(H,19,20). The fourth-order valence-electron chi connectivity index (χ4n) is 1.77. The van der Waals surface area contributed by atoms with Crippen molar-refractivity contribution >= 4 is 11.9 Å². The van der Waals surface area contributed by atoms with Gasteiger partial charge < -0.3 is 10.1 Å². The minimum absolute atomic E-state index is 0.107. The third-order valence-corrected chi connectivity index (χ3v) is 3.06. The summed E-state index contributed by atoms with van der Waals surface area (Å²) in [7, 11) is 0. The molecule has 0 fully saturated rings. The number of amides is 1. The second-order valence-electron chi connectivity index (χ2n) is 4.66. The number of rotatable bonds is 6. The molecule has 2 aromatic heterocycles. The first-order valence-corrected chi connectivity index (χ1v) is 6.98. The van der Waals surface area contributed by atoms with Crippen LogP contribution in [0.2, 0.25) is 0 Å². The zero-order valence-electron chi connectivity index (χ0n) is 12.2. The van der Waals surface area contributed by atoms with Crippen LogP contribution < -0.4 is 5.32 Å². The Labute approximate surface area is 128 Å². The van der Waals surface area contributed by atoms with E-state index in [0.717, 1.165) is 0 Å². The smallest absolute Gasteiger partial charge is 0.339 e. The molecule has 2 heterocycles. The van der Waals surface area contributed by atoms with E-state index in [0.29, 0.717) is 17.5 Å². The van der Waals surface area contributed by atoms with Crippen molar-refractivity contribution in [1.29, 1.82) is 0 Å². The zero-order chi connectivity index (χ0) is 15.8. The molecule has 6 heteroatoms. The van der Waals surface area contributed by atoms with Crippen molar-refractivity contribution in [3.63, 3.8) is 0 Å². The van der Waals surface area contributed by atoms with E-state index >= 15 is 0 Å². The van der Waals surface area contributed by atoms with Gasteiger partial charge in [-0.15, -0.1) is 0 Å². The Balaban J connectivity index is 1.87. The molecule has 6 nitrogen and oxygen atoms in total. The third kappa shape index (κ3) is 4.37. The molecule has 1 N–H and O–H groups in total. The summed E-state index contributed by atoms with van der Waals surface area (Å²) >= 11 is 0. The van der Waals surface area contributed by atoms with Gasteiger partial charge in [-0.3, -0.25) is 14.8 Å². The molecular weight excluding hydrogens is 282 g/mol. The molecule has 0 bridgehead atoms. The Hall–Kier alpha value is -2.76. The maximum absolute atomic E-state index is 12.0. The number of ether oxygens (including phenoxy) is 1. The van der Waals surface area contributed by atoms with Gasteiger partial charge in [-0.2, -0.15) is 0 Å². The van der Waals surface area contributed by atoms with E-state index in [4.69, 9.17) is 4.74 Å². The molecule has 114 valence electrons. The highest BCUT2D eigenvalue weighted by Crippen LogP contribution is 2.03. The molecule has 0 aliphatic heterocycles. The first-order valence-electron chi connectivity index (χ1n) is 6.98. The molecule has 0 radical (unpaired) electrons. The van der Waals surface area contributed by atoms with E-state index in [1.165, 1.54) is 12.4 Å². The fraction of sp³-hybridized carbons (Fsp3) is 0.250. The number of aromatic nitrogens is 2. The van der Waals surface area contributed by atoms with Crippen LogP contribution in [0.25, 0.3) is 0 Å². The van der Waals surface area contributed by atoms with E-state index in [-0.39, 0.29) is 18.6 Å². The molecule has 1 amide bonds. The van der Waals surface area contributed by atoms with Gasteiger partial charge in [0.05, 0.1) is 17.2 Å². The Morgan fingerprint density at radius 1 is 1.14 bits per heavy atom. The SMILES string of the molecule is CCC(COC(=O)c1cccnc1)NC(=O)c1cccnc1. The summed E-state index contributed by atoms with van der Waals surface area (Å²) in [5, 5.41) is 2.82. The van der Waals surface area contributed by atoms with Crippen molar-refractivity contribution in [2.45, 2.75) is 19.4 Å². The number of carbonyl (C=O) groups excluding carboxylic acids is 2. The molecule has 2 rings (SSSR count). The fourth-order valence-corrected chi connectivity index (χ4v) is 1.77. The lowest BCUT2D eigenvalue weighted by molar-refractivity contribution is 0.0454. The lowest BCUT2D eigenvalue weighted by atomic mass is 10.2. The predicted molar refractivity (Wildman–Crippen MR) is 80.3 cm³/mol. The summed E-state index contributed by atoms with van der Waals surface area (Å²) in [4.78, 5) is 31.6. The van der Waals surface area contributed by atoms with Gasteiger partial charge >= 0.3 is 5.97 Å². The maximum Gasteiger partial charge on any atom is 0.339 e. The van der Waals surface area contributed by atoms with Crippen LogP contribution in [0.1, 0.15) is 34.1 Å². The Kier molecular flexibility index (Phi) is 5.59. The first kappa shape index (κ1) is 15.6. The first-order chi connectivity index (χ1) is 10.7. The van der Waals surface area contributed by atoms with Crippen LogP contribution >= 0.6 is 0 Å². The molecule has 2 aromatic rings. The lowest BCUT2D eigenvalue weighted by Gasteiger charge is -2.17. The second kappa shape index (κ2) is 7.87. The van der Waals surface area contributed by atoms with Gasteiger partial charge in [-0.25, -0.2) is 4.79 Å². The van der Waals surface area contributed by atoms with Crippen LogP contribution in [0.4, 0.5) is 0 Å². The number of esters is 1. The van der Waals surface area contributed by atoms with Gasteiger partial charge in [0.15, 0.2) is 0 Å². The monoisotopic (exact) mass is 299 g/mol. The van der Waals surface area contributed by atoms with E-state index in [9.17, 15) is 9.59 Å². The molecule has 0 saturated carbocycles. The molecule has 1 atom stereocenters. The number of hydrogen-bond donors (Lipinski definition) is 1. The Morgan fingerprint density at radius 2 is 1.77 bits per heavy atom. The van der Waals surface area contributed by atoms with E-state index in [1.54, 1.807) is 36.7 Å². The van der Waals surface area contributed by atoms with Crippen molar-refractivity contribution in [2.75, 3.05) is 6.61 Å². The second-order valence-corrected chi connectivity index (χ2v) is 4.66. The third-order valence-electron chi connectivity index (χ3n) is 3.06. The molecule has 0 spiro atoms. The highest BCUT2D eigenvalue weighted by Gasteiger charge is 2.15. The summed E-state index contributed by atoms with van der Waals surface area (Å²) in [5.41, 5.74) is 0.857. The van der Waals surface area contributed by atoms with Crippen molar-refractivity contribution in [3.8, 4) is 0 Å². The van der Waals surface area contributed by atoms with Crippen LogP contribution in [0, 0.1) is 0 Å². The van der Waals surface area contributed by atoms with E-state index in [2.05, 4.69) is 15.3 Å². The molecule has 0 aliphatic rings.